The molecule has 0 heterocycles. The van der Waals surface area contributed by atoms with E-state index in [1.54, 1.807) is 0 Å². The molecular weight excluding hydrogens is 741 g/mol. The molecule has 0 aliphatic rings. The molecule has 0 spiro atoms. The van der Waals surface area contributed by atoms with Gasteiger partial charge in [-0.25, -0.2) is 4.57 Å². The Labute approximate surface area is 350 Å². The number of hydrogen-bond donors (Lipinski definition) is 3. The van der Waals surface area contributed by atoms with Crippen LogP contribution in [0.15, 0.2) is 12.2 Å². The zero-order valence-corrected chi connectivity index (χ0v) is 37.9. The summed E-state index contributed by atoms with van der Waals surface area (Å²) >= 11 is 0. The minimum atomic E-state index is -4.61. The number of hydrogen-bond acceptors (Lipinski definition) is 8. The molecule has 0 aliphatic heterocycles. The van der Waals surface area contributed by atoms with Gasteiger partial charge in [-0.3, -0.25) is 18.6 Å². The van der Waals surface area contributed by atoms with Crippen LogP contribution < -0.4 is 5.73 Å². The fraction of sp³-hybridized carbons (Fsp3) is 0.913. The van der Waals surface area contributed by atoms with Gasteiger partial charge in [0.2, 0.25) is 0 Å². The molecular formula is C46H90NO9P. The Bertz CT molecular complexity index is 966. The summed E-state index contributed by atoms with van der Waals surface area (Å²) in [6, 6.07) is -1.47. The average Bonchev–Trinajstić information content (AvgIpc) is 3.19. The third kappa shape index (κ3) is 42.6. The van der Waals surface area contributed by atoms with E-state index in [0.717, 1.165) is 44.9 Å². The number of ether oxygens (including phenoxy) is 2. The molecule has 0 amide bonds. The van der Waals surface area contributed by atoms with Gasteiger partial charge in [-0.15, -0.1) is 0 Å². The summed E-state index contributed by atoms with van der Waals surface area (Å²) in [5.74, 6) is -1.77. The predicted octanol–water partition coefficient (Wildman–Crippen LogP) is 13.3. The van der Waals surface area contributed by atoms with Crippen molar-refractivity contribution in [2.45, 2.75) is 244 Å². The molecule has 11 heteroatoms. The van der Waals surface area contributed by atoms with Gasteiger partial charge in [0.05, 0.1) is 19.8 Å². The molecule has 0 aromatic rings. The number of nitrogens with two attached hydrogens (primary N) is 1. The number of unbranched alkanes of at least 4 members (excludes halogenated alkanes) is 30. The average molecular weight is 832 g/mol. The first-order valence-electron chi connectivity index (χ1n) is 23.7. The first-order chi connectivity index (χ1) is 27.7. The molecule has 0 rings (SSSR count). The van der Waals surface area contributed by atoms with E-state index in [4.69, 9.17) is 29.4 Å². The van der Waals surface area contributed by atoms with Crippen LogP contribution in [0.2, 0.25) is 0 Å². The van der Waals surface area contributed by atoms with Gasteiger partial charge in [0, 0.05) is 13.0 Å². The van der Waals surface area contributed by atoms with Crippen LogP contribution in [0, 0.1) is 0 Å². The molecule has 3 unspecified atom stereocenters. The largest absolute Gasteiger partial charge is 0.480 e. The number of carboxylic acid groups (broad SMARTS) is 1. The second-order valence-corrected chi connectivity index (χ2v) is 17.7. The molecule has 0 saturated heterocycles. The van der Waals surface area contributed by atoms with Crippen LogP contribution in [0.5, 0.6) is 0 Å². The van der Waals surface area contributed by atoms with Crippen LogP contribution in [-0.2, 0) is 32.7 Å². The number of rotatable bonds is 46. The van der Waals surface area contributed by atoms with Gasteiger partial charge in [0.15, 0.2) is 0 Å². The standard InChI is InChI=1S/C46H90NO9P/c1-3-5-7-9-11-13-15-17-19-21-22-23-24-26-28-30-32-34-36-38-45(48)56-43(41-54-57(51,52)55-42-44(47)46(49)50)40-53-39-37-35-33-31-29-27-25-20-18-16-14-12-10-8-6-4-2/h18,20,43-44H,3-17,19,21-42,47H2,1-2H3,(H,49,50)(H,51,52)/b20-18-. The molecule has 0 aromatic heterocycles. The van der Waals surface area contributed by atoms with Crippen molar-refractivity contribution in [3.63, 3.8) is 0 Å². The highest BCUT2D eigenvalue weighted by molar-refractivity contribution is 7.47. The van der Waals surface area contributed by atoms with Gasteiger partial charge >= 0.3 is 19.8 Å². The summed E-state index contributed by atoms with van der Waals surface area (Å²) in [6.07, 6.45) is 45.5. The fourth-order valence-electron chi connectivity index (χ4n) is 6.84. The van der Waals surface area contributed by atoms with Crippen molar-refractivity contribution in [3.05, 3.63) is 12.2 Å². The molecule has 0 aromatic carbocycles. The van der Waals surface area contributed by atoms with Crippen LogP contribution >= 0.6 is 7.82 Å². The van der Waals surface area contributed by atoms with Crippen LogP contribution in [-0.4, -0.2) is 60.5 Å². The van der Waals surface area contributed by atoms with Crippen LogP contribution in [0.3, 0.4) is 0 Å². The molecule has 338 valence electrons. The summed E-state index contributed by atoms with van der Waals surface area (Å²) < 4.78 is 33.4. The van der Waals surface area contributed by atoms with Crippen molar-refractivity contribution >= 4 is 19.8 Å². The van der Waals surface area contributed by atoms with Crippen LogP contribution in [0.4, 0.5) is 0 Å². The second-order valence-electron chi connectivity index (χ2n) is 16.2. The Balaban J connectivity index is 4.15. The Morgan fingerprint density at radius 2 is 0.912 bits per heavy atom. The molecule has 4 N–H and O–H groups in total. The molecule has 0 radical (unpaired) electrons. The molecule has 0 aliphatic carbocycles. The van der Waals surface area contributed by atoms with Gasteiger partial charge in [-0.05, 0) is 38.5 Å². The number of esters is 1. The summed E-state index contributed by atoms with van der Waals surface area (Å²) in [5.41, 5.74) is 5.36. The third-order valence-electron chi connectivity index (χ3n) is 10.5. The van der Waals surface area contributed by atoms with Gasteiger partial charge in [0.1, 0.15) is 12.1 Å². The summed E-state index contributed by atoms with van der Waals surface area (Å²) in [5, 5.41) is 8.91. The number of phosphoric acid groups is 1. The number of allylic oxidation sites excluding steroid dienone is 2. The first-order valence-corrected chi connectivity index (χ1v) is 25.2. The monoisotopic (exact) mass is 832 g/mol. The maximum absolute atomic E-state index is 12.7. The third-order valence-corrected chi connectivity index (χ3v) is 11.5. The first kappa shape index (κ1) is 55.7. The van der Waals surface area contributed by atoms with E-state index in [9.17, 15) is 19.0 Å². The Hall–Kier alpha value is -1.29. The van der Waals surface area contributed by atoms with Crippen molar-refractivity contribution in [3.8, 4) is 0 Å². The summed E-state index contributed by atoms with van der Waals surface area (Å²) in [7, 11) is -4.61. The van der Waals surface area contributed by atoms with E-state index in [2.05, 4.69) is 26.0 Å². The molecule has 0 saturated carbocycles. The topological polar surface area (TPSA) is 155 Å². The van der Waals surface area contributed by atoms with Crippen molar-refractivity contribution in [1.82, 2.24) is 0 Å². The SMILES string of the molecule is CCCCCCCC/C=C\CCCCCCCCOCC(COP(=O)(O)OCC(N)C(=O)O)OC(=O)CCCCCCCCCCCCCCCCCCCCC. The maximum Gasteiger partial charge on any atom is 0.472 e. The van der Waals surface area contributed by atoms with Gasteiger partial charge < -0.3 is 25.2 Å². The van der Waals surface area contributed by atoms with Crippen molar-refractivity contribution in [2.75, 3.05) is 26.4 Å². The lowest BCUT2D eigenvalue weighted by Gasteiger charge is -2.20. The van der Waals surface area contributed by atoms with Crippen molar-refractivity contribution in [1.29, 1.82) is 0 Å². The Morgan fingerprint density at radius 3 is 1.33 bits per heavy atom. The number of carbonyl (C=O) groups excluding carboxylic acids is 1. The number of phosphoric ester groups is 1. The zero-order valence-electron chi connectivity index (χ0n) is 37.0. The quantitative estimate of drug-likeness (QED) is 0.0234. The van der Waals surface area contributed by atoms with Gasteiger partial charge in [-0.1, -0.05) is 199 Å². The second kappa shape index (κ2) is 42.8. The highest BCUT2D eigenvalue weighted by Gasteiger charge is 2.27. The predicted molar refractivity (Wildman–Crippen MR) is 236 cm³/mol. The molecule has 0 fully saturated rings. The van der Waals surface area contributed by atoms with Crippen LogP contribution in [0.25, 0.3) is 0 Å². The molecule has 3 atom stereocenters. The van der Waals surface area contributed by atoms with E-state index in [1.807, 2.05) is 0 Å². The lowest BCUT2D eigenvalue weighted by Crippen LogP contribution is -2.34. The lowest BCUT2D eigenvalue weighted by atomic mass is 10.0. The Morgan fingerprint density at radius 1 is 0.544 bits per heavy atom. The minimum Gasteiger partial charge on any atom is -0.480 e. The highest BCUT2D eigenvalue weighted by atomic mass is 31.2. The number of aliphatic carboxylic acids is 1. The van der Waals surface area contributed by atoms with E-state index in [1.165, 1.54) is 167 Å². The Kier molecular flexibility index (Phi) is 41.9. The minimum absolute atomic E-state index is 0.0185. The zero-order chi connectivity index (χ0) is 41.9. The van der Waals surface area contributed by atoms with Gasteiger partial charge in [-0.2, -0.15) is 0 Å². The lowest BCUT2D eigenvalue weighted by molar-refractivity contribution is -0.154. The molecule has 57 heavy (non-hydrogen) atoms. The maximum atomic E-state index is 12.7. The highest BCUT2D eigenvalue weighted by Crippen LogP contribution is 2.43. The van der Waals surface area contributed by atoms with E-state index in [0.29, 0.717) is 6.61 Å². The van der Waals surface area contributed by atoms with E-state index in [-0.39, 0.29) is 13.0 Å². The van der Waals surface area contributed by atoms with Gasteiger partial charge in [0.25, 0.3) is 0 Å². The van der Waals surface area contributed by atoms with Crippen LogP contribution in [0.1, 0.15) is 232 Å². The summed E-state index contributed by atoms with van der Waals surface area (Å²) in [6.45, 7) is 3.91. The normalized spacial score (nSPS) is 13.9. The molecule has 0 bridgehead atoms. The fourth-order valence-corrected chi connectivity index (χ4v) is 7.61. The van der Waals surface area contributed by atoms with E-state index < -0.39 is 45.1 Å². The van der Waals surface area contributed by atoms with Crippen molar-refractivity contribution < 1.29 is 42.7 Å². The van der Waals surface area contributed by atoms with Crippen molar-refractivity contribution in [2.24, 2.45) is 5.73 Å². The molecule has 10 nitrogen and oxygen atoms in total. The summed E-state index contributed by atoms with van der Waals surface area (Å²) in [4.78, 5) is 33.6. The smallest absolute Gasteiger partial charge is 0.472 e. The number of carbonyl (C=O) groups is 2. The van der Waals surface area contributed by atoms with E-state index >= 15 is 0 Å². The number of carboxylic acids is 1.